The number of carbonyl (C=O) groups is 1. The van der Waals surface area contributed by atoms with Crippen LogP contribution in [0.2, 0.25) is 0 Å². The van der Waals surface area contributed by atoms with Gasteiger partial charge in [-0.05, 0) is 34.9 Å². The normalized spacial score (nSPS) is 21.2. The third kappa shape index (κ3) is 7.27. The second-order valence-corrected chi connectivity index (χ2v) is 13.1. The zero-order valence-electron chi connectivity index (χ0n) is 29.0. The number of aromatic nitrogens is 9. The first kappa shape index (κ1) is 35.0. The molecule has 0 aliphatic carbocycles. The van der Waals surface area contributed by atoms with Gasteiger partial charge in [0.25, 0.3) is 0 Å². The fourth-order valence-electron chi connectivity index (χ4n) is 6.86. The van der Waals surface area contributed by atoms with Crippen LogP contribution in [-0.4, -0.2) is 111 Å². The SMILES string of the molecule is O=C(Nc1cccnc1)N[C@@H]1CCN(c2nc(NCC(c3ccccc3)c3ccccc3)c3ncn(C4OC(c5nnn(CCO)n5)C(O)C4O)c3n2)C1. The summed E-state index contributed by atoms with van der Waals surface area (Å²) >= 11 is 0. The number of ether oxygens (including phenoxy) is 1. The Morgan fingerprint density at radius 2 is 1.76 bits per heavy atom. The van der Waals surface area contributed by atoms with Crippen molar-refractivity contribution in [3.63, 3.8) is 0 Å². The lowest BCUT2D eigenvalue weighted by molar-refractivity contribution is -0.0384. The van der Waals surface area contributed by atoms with Crippen molar-refractivity contribution in [3.05, 3.63) is 108 Å². The first-order valence-electron chi connectivity index (χ1n) is 17.7. The molecule has 2 saturated heterocycles. The summed E-state index contributed by atoms with van der Waals surface area (Å²) in [5.41, 5.74) is 3.62. The standard InChI is InChI=1S/C36H39N13O5/c50-17-16-49-45-32(44-46-49)30-28(51)29(52)34(54-30)48-21-39-27-31(38-19-26(22-8-3-1-4-9-22)23-10-5-2-6-11-23)42-35(43-33(27)48)47-15-13-25(20-47)41-36(53)40-24-12-7-14-37-18-24/h1-12,14,18,21,25-26,28-30,34,50-52H,13,15-17,19-20H2,(H,38,42,43)(H2,40,41,53)/t25-,28?,29?,30?,34?/m1/s1. The van der Waals surface area contributed by atoms with E-state index in [2.05, 4.69) is 65.6 Å². The number of hydrogen-bond acceptors (Lipinski definition) is 14. The second-order valence-electron chi connectivity index (χ2n) is 13.1. The molecule has 5 atom stereocenters. The summed E-state index contributed by atoms with van der Waals surface area (Å²) in [4.78, 5) is 34.6. The average molecular weight is 734 g/mol. The fraction of sp³-hybridized carbons (Fsp3) is 0.333. The van der Waals surface area contributed by atoms with Crippen LogP contribution >= 0.6 is 0 Å². The van der Waals surface area contributed by atoms with Crippen LogP contribution in [0.15, 0.2) is 91.5 Å². The van der Waals surface area contributed by atoms with Gasteiger partial charge >= 0.3 is 6.03 Å². The van der Waals surface area contributed by atoms with E-state index in [-0.39, 0.29) is 37.0 Å². The van der Waals surface area contributed by atoms with Crippen LogP contribution < -0.4 is 20.9 Å². The summed E-state index contributed by atoms with van der Waals surface area (Å²) < 4.78 is 7.74. The lowest BCUT2D eigenvalue weighted by Crippen LogP contribution is -2.40. The highest BCUT2D eigenvalue weighted by atomic mass is 16.6. The van der Waals surface area contributed by atoms with Crippen molar-refractivity contribution in [2.24, 2.45) is 0 Å². The van der Waals surface area contributed by atoms with Crippen molar-refractivity contribution in [2.75, 3.05) is 41.8 Å². The van der Waals surface area contributed by atoms with Crippen molar-refractivity contribution in [1.29, 1.82) is 0 Å². The Kier molecular flexibility index (Phi) is 10.0. The van der Waals surface area contributed by atoms with Crippen molar-refractivity contribution in [2.45, 2.75) is 49.5 Å². The highest BCUT2D eigenvalue weighted by Gasteiger charge is 2.47. The van der Waals surface area contributed by atoms with E-state index in [1.807, 2.05) is 41.3 Å². The van der Waals surface area contributed by atoms with Gasteiger partial charge < -0.3 is 40.9 Å². The Balaban J connectivity index is 1.10. The molecule has 278 valence electrons. The number of carbonyl (C=O) groups excluding carboxylic acids is 1. The molecule has 8 rings (SSSR count). The summed E-state index contributed by atoms with van der Waals surface area (Å²) in [6.07, 6.45) is 0.356. The number of nitrogens with one attached hydrogen (secondary N) is 3. The Hall–Kier alpha value is -6.08. The van der Waals surface area contributed by atoms with Crippen LogP contribution in [0.1, 0.15) is 41.6 Å². The summed E-state index contributed by atoms with van der Waals surface area (Å²) in [6, 6.07) is 23.4. The van der Waals surface area contributed by atoms with Crippen molar-refractivity contribution < 1.29 is 24.9 Å². The molecule has 0 saturated carbocycles. The van der Waals surface area contributed by atoms with Crippen LogP contribution in [0.4, 0.5) is 22.2 Å². The minimum Gasteiger partial charge on any atom is -0.394 e. The van der Waals surface area contributed by atoms with E-state index in [1.54, 1.807) is 29.1 Å². The predicted molar refractivity (Wildman–Crippen MR) is 195 cm³/mol. The van der Waals surface area contributed by atoms with Gasteiger partial charge in [-0.3, -0.25) is 9.55 Å². The van der Waals surface area contributed by atoms with E-state index >= 15 is 0 Å². The van der Waals surface area contributed by atoms with Crippen molar-refractivity contribution in [3.8, 4) is 0 Å². The number of pyridine rings is 1. The van der Waals surface area contributed by atoms with Gasteiger partial charge in [-0.1, -0.05) is 60.7 Å². The van der Waals surface area contributed by atoms with Crippen LogP contribution in [-0.2, 0) is 11.3 Å². The molecular weight excluding hydrogens is 694 g/mol. The van der Waals surface area contributed by atoms with Crippen LogP contribution in [0.5, 0.6) is 0 Å². The number of aliphatic hydroxyl groups is 3. The molecule has 2 aliphatic heterocycles. The molecule has 6 N–H and O–H groups in total. The number of aliphatic hydroxyl groups excluding tert-OH is 3. The molecule has 0 bridgehead atoms. The lowest BCUT2D eigenvalue weighted by atomic mass is 9.91. The van der Waals surface area contributed by atoms with E-state index in [9.17, 15) is 20.1 Å². The fourth-order valence-corrected chi connectivity index (χ4v) is 6.86. The number of imidazole rings is 1. The first-order valence-corrected chi connectivity index (χ1v) is 17.7. The third-order valence-electron chi connectivity index (χ3n) is 9.55. The van der Waals surface area contributed by atoms with Crippen molar-refractivity contribution >= 4 is 34.6 Å². The minimum atomic E-state index is -1.40. The Morgan fingerprint density at radius 3 is 2.48 bits per heavy atom. The maximum absolute atomic E-state index is 12.8. The number of hydrogen-bond donors (Lipinski definition) is 6. The van der Waals surface area contributed by atoms with Gasteiger partial charge in [0, 0.05) is 37.8 Å². The van der Waals surface area contributed by atoms with Crippen LogP contribution in [0, 0.1) is 0 Å². The molecule has 18 heteroatoms. The molecule has 6 heterocycles. The molecule has 2 aliphatic rings. The van der Waals surface area contributed by atoms with Gasteiger partial charge in [0.05, 0.1) is 31.4 Å². The Morgan fingerprint density at radius 1 is 0.981 bits per heavy atom. The molecule has 54 heavy (non-hydrogen) atoms. The number of amides is 2. The highest BCUT2D eigenvalue weighted by molar-refractivity contribution is 5.89. The molecule has 0 spiro atoms. The van der Waals surface area contributed by atoms with Gasteiger partial charge in [0.15, 0.2) is 29.3 Å². The molecular formula is C36H39N13O5. The predicted octanol–water partition coefficient (Wildman–Crippen LogP) is 1.84. The third-order valence-corrected chi connectivity index (χ3v) is 9.55. The second kappa shape index (κ2) is 15.5. The van der Waals surface area contributed by atoms with E-state index < -0.39 is 24.5 Å². The molecule has 4 unspecified atom stereocenters. The zero-order valence-corrected chi connectivity index (χ0v) is 29.0. The number of fused-ring (bicyclic) bond motifs is 1. The Bertz CT molecular complexity index is 2130. The van der Waals surface area contributed by atoms with Gasteiger partial charge in [-0.2, -0.15) is 14.8 Å². The molecule has 18 nitrogen and oxygen atoms in total. The summed E-state index contributed by atoms with van der Waals surface area (Å²) in [6.45, 7) is 1.39. The quantitative estimate of drug-likeness (QED) is 0.106. The van der Waals surface area contributed by atoms with Crippen LogP contribution in [0.25, 0.3) is 11.2 Å². The smallest absolute Gasteiger partial charge is 0.319 e. The number of tetrazole rings is 1. The van der Waals surface area contributed by atoms with Gasteiger partial charge in [-0.25, -0.2) is 9.78 Å². The summed E-state index contributed by atoms with van der Waals surface area (Å²) in [5.74, 6) is 0.896. The summed E-state index contributed by atoms with van der Waals surface area (Å²) in [7, 11) is 0. The van der Waals surface area contributed by atoms with E-state index in [0.29, 0.717) is 54.7 Å². The lowest BCUT2D eigenvalue weighted by Gasteiger charge is -2.22. The number of nitrogens with zero attached hydrogens (tertiary/aromatic N) is 10. The monoisotopic (exact) mass is 733 g/mol. The maximum atomic E-state index is 12.8. The van der Waals surface area contributed by atoms with E-state index in [1.165, 1.54) is 11.1 Å². The molecule has 4 aromatic heterocycles. The van der Waals surface area contributed by atoms with Crippen molar-refractivity contribution in [1.82, 2.24) is 50.0 Å². The molecule has 2 aromatic carbocycles. The van der Waals surface area contributed by atoms with E-state index in [0.717, 1.165) is 11.1 Å². The number of anilines is 3. The summed E-state index contributed by atoms with van der Waals surface area (Å²) in [5, 5.41) is 53.0. The maximum Gasteiger partial charge on any atom is 0.319 e. The minimum absolute atomic E-state index is 0.0238. The number of benzene rings is 2. The van der Waals surface area contributed by atoms with Gasteiger partial charge in [0.1, 0.15) is 12.2 Å². The van der Waals surface area contributed by atoms with Gasteiger partial charge in [-0.15, -0.1) is 10.2 Å². The molecule has 2 fully saturated rings. The number of urea groups is 1. The topological polar surface area (TPSA) is 226 Å². The van der Waals surface area contributed by atoms with E-state index in [4.69, 9.17) is 14.7 Å². The zero-order chi connectivity index (χ0) is 37.0. The van der Waals surface area contributed by atoms with Gasteiger partial charge in [0.2, 0.25) is 11.8 Å². The number of rotatable bonds is 12. The largest absolute Gasteiger partial charge is 0.394 e. The highest BCUT2D eigenvalue weighted by Crippen LogP contribution is 2.39. The molecule has 2 amide bonds. The molecule has 6 aromatic rings. The Labute approximate surface area is 308 Å². The molecule has 0 radical (unpaired) electrons. The average Bonchev–Trinajstić information content (AvgIpc) is 4.01. The first-order chi connectivity index (χ1) is 26.4. The van der Waals surface area contributed by atoms with Crippen LogP contribution in [0.3, 0.4) is 0 Å².